The lowest BCUT2D eigenvalue weighted by molar-refractivity contribution is 0.197. The molecule has 0 saturated carbocycles. The van der Waals surface area contributed by atoms with E-state index in [4.69, 9.17) is 11.6 Å². The minimum absolute atomic E-state index is 0. The molecule has 5 heteroatoms. The van der Waals surface area contributed by atoms with Crippen LogP contribution in [0, 0.1) is 5.82 Å². The minimum Gasteiger partial charge on any atom is -0.312 e. The summed E-state index contributed by atoms with van der Waals surface area (Å²) in [6.07, 6.45) is 0. The van der Waals surface area contributed by atoms with Gasteiger partial charge in [0.1, 0.15) is 5.82 Å². The summed E-state index contributed by atoms with van der Waals surface area (Å²) in [5.74, 6) is -0.282. The SMILES string of the molecule is CC1CN(Cc2cccc(Cl)c2F)CCN1.Cl. The van der Waals surface area contributed by atoms with Gasteiger partial charge in [-0.1, -0.05) is 23.7 Å². The molecule has 1 aromatic carbocycles. The highest BCUT2D eigenvalue weighted by Gasteiger charge is 2.17. The highest BCUT2D eigenvalue weighted by molar-refractivity contribution is 6.30. The fourth-order valence-corrected chi connectivity index (χ4v) is 2.26. The fraction of sp³-hybridized carbons (Fsp3) is 0.500. The van der Waals surface area contributed by atoms with E-state index in [1.54, 1.807) is 18.2 Å². The number of nitrogens with one attached hydrogen (secondary N) is 1. The maximum atomic E-state index is 13.7. The summed E-state index contributed by atoms with van der Waals surface area (Å²) in [6, 6.07) is 5.65. The summed E-state index contributed by atoms with van der Waals surface area (Å²) in [6.45, 7) is 5.64. The van der Waals surface area contributed by atoms with Crippen LogP contribution in [0.25, 0.3) is 0 Å². The van der Waals surface area contributed by atoms with Crippen LogP contribution >= 0.6 is 24.0 Å². The molecule has 0 aromatic heterocycles. The van der Waals surface area contributed by atoms with E-state index in [0.29, 0.717) is 18.2 Å². The number of halogens is 3. The van der Waals surface area contributed by atoms with Gasteiger partial charge in [-0.2, -0.15) is 0 Å². The van der Waals surface area contributed by atoms with Gasteiger partial charge in [-0.25, -0.2) is 4.39 Å². The number of benzene rings is 1. The predicted molar refractivity (Wildman–Crippen MR) is 71.4 cm³/mol. The molecule has 1 unspecified atom stereocenters. The summed E-state index contributed by atoms with van der Waals surface area (Å²) < 4.78 is 13.7. The molecule has 1 fully saturated rings. The van der Waals surface area contributed by atoms with Crippen LogP contribution in [0.1, 0.15) is 12.5 Å². The van der Waals surface area contributed by atoms with Crippen molar-refractivity contribution in [2.45, 2.75) is 19.5 Å². The quantitative estimate of drug-likeness (QED) is 0.895. The molecule has 1 N–H and O–H groups in total. The summed E-state index contributed by atoms with van der Waals surface area (Å²) in [4.78, 5) is 2.25. The standard InChI is InChI=1S/C12H16ClFN2.ClH/c1-9-7-16(6-5-15-9)8-10-3-2-4-11(13)12(10)14;/h2-4,9,15H,5-8H2,1H3;1H. The zero-order chi connectivity index (χ0) is 11.5. The van der Waals surface area contributed by atoms with Gasteiger partial charge in [0.25, 0.3) is 0 Å². The second-order valence-electron chi connectivity index (χ2n) is 4.30. The van der Waals surface area contributed by atoms with E-state index < -0.39 is 0 Å². The first kappa shape index (κ1) is 14.7. The van der Waals surface area contributed by atoms with E-state index in [-0.39, 0.29) is 23.2 Å². The molecule has 1 aliphatic heterocycles. The largest absolute Gasteiger partial charge is 0.312 e. The average Bonchev–Trinajstić information content (AvgIpc) is 2.25. The Morgan fingerprint density at radius 2 is 2.29 bits per heavy atom. The minimum atomic E-state index is -0.282. The van der Waals surface area contributed by atoms with Gasteiger partial charge >= 0.3 is 0 Å². The molecular weight excluding hydrogens is 262 g/mol. The molecule has 0 spiro atoms. The van der Waals surface area contributed by atoms with Crippen molar-refractivity contribution in [3.05, 3.63) is 34.6 Å². The molecule has 0 amide bonds. The van der Waals surface area contributed by atoms with Crippen LogP contribution in [0.2, 0.25) is 5.02 Å². The van der Waals surface area contributed by atoms with Crippen molar-refractivity contribution in [1.82, 2.24) is 10.2 Å². The summed E-state index contributed by atoms with van der Waals surface area (Å²) in [7, 11) is 0. The monoisotopic (exact) mass is 278 g/mol. The van der Waals surface area contributed by atoms with Crippen LogP contribution < -0.4 is 5.32 Å². The zero-order valence-corrected chi connectivity index (χ0v) is 11.3. The van der Waals surface area contributed by atoms with E-state index in [1.807, 2.05) is 0 Å². The first-order chi connectivity index (χ1) is 7.66. The predicted octanol–water partition coefficient (Wildman–Crippen LogP) is 2.69. The van der Waals surface area contributed by atoms with Crippen molar-refractivity contribution in [2.24, 2.45) is 0 Å². The normalized spacial score (nSPS) is 21.0. The highest BCUT2D eigenvalue weighted by Crippen LogP contribution is 2.19. The van der Waals surface area contributed by atoms with Gasteiger partial charge in [0.15, 0.2) is 0 Å². The van der Waals surface area contributed by atoms with Gasteiger partial charge in [0, 0.05) is 37.8 Å². The van der Waals surface area contributed by atoms with Crippen molar-refractivity contribution in [3.8, 4) is 0 Å². The van der Waals surface area contributed by atoms with Crippen LogP contribution in [0.4, 0.5) is 4.39 Å². The molecule has 2 rings (SSSR count). The van der Waals surface area contributed by atoms with Crippen LogP contribution in [0.5, 0.6) is 0 Å². The molecule has 1 saturated heterocycles. The van der Waals surface area contributed by atoms with E-state index in [1.165, 1.54) is 0 Å². The summed E-state index contributed by atoms with van der Waals surface area (Å²) >= 11 is 5.75. The Kier molecular flexibility index (Phi) is 5.67. The smallest absolute Gasteiger partial charge is 0.146 e. The van der Waals surface area contributed by atoms with Gasteiger partial charge < -0.3 is 5.32 Å². The maximum absolute atomic E-state index is 13.7. The Labute approximate surface area is 113 Å². The van der Waals surface area contributed by atoms with Crippen molar-refractivity contribution >= 4 is 24.0 Å². The second-order valence-corrected chi connectivity index (χ2v) is 4.71. The van der Waals surface area contributed by atoms with Crippen molar-refractivity contribution in [3.63, 3.8) is 0 Å². The molecule has 0 radical (unpaired) electrons. The fourth-order valence-electron chi connectivity index (χ4n) is 2.07. The number of hydrogen-bond donors (Lipinski definition) is 1. The zero-order valence-electron chi connectivity index (χ0n) is 9.75. The third-order valence-electron chi connectivity index (χ3n) is 2.88. The number of rotatable bonds is 2. The summed E-state index contributed by atoms with van der Waals surface area (Å²) in [5, 5.41) is 3.57. The molecule has 2 nitrogen and oxygen atoms in total. The molecular formula is C12H17Cl2FN2. The van der Waals surface area contributed by atoms with Gasteiger partial charge in [0.2, 0.25) is 0 Å². The van der Waals surface area contributed by atoms with Crippen molar-refractivity contribution in [2.75, 3.05) is 19.6 Å². The van der Waals surface area contributed by atoms with Gasteiger partial charge in [-0.15, -0.1) is 12.4 Å². The van der Waals surface area contributed by atoms with Gasteiger partial charge in [0.05, 0.1) is 5.02 Å². The van der Waals surface area contributed by atoms with Crippen LogP contribution in [0.3, 0.4) is 0 Å². The number of piperazine rings is 1. The van der Waals surface area contributed by atoms with Gasteiger partial charge in [-0.05, 0) is 13.0 Å². The number of nitrogens with zero attached hydrogens (tertiary/aromatic N) is 1. The highest BCUT2D eigenvalue weighted by atomic mass is 35.5. The third kappa shape index (κ3) is 3.81. The van der Waals surface area contributed by atoms with E-state index >= 15 is 0 Å². The first-order valence-corrected chi connectivity index (χ1v) is 5.93. The van der Waals surface area contributed by atoms with E-state index in [0.717, 1.165) is 19.6 Å². The Bertz CT molecular complexity index is 374. The lowest BCUT2D eigenvalue weighted by Crippen LogP contribution is -2.48. The lowest BCUT2D eigenvalue weighted by atomic mass is 10.1. The average molecular weight is 279 g/mol. The Morgan fingerprint density at radius 3 is 3.00 bits per heavy atom. The molecule has 96 valence electrons. The Morgan fingerprint density at radius 1 is 1.53 bits per heavy atom. The molecule has 1 aromatic rings. The molecule has 1 heterocycles. The van der Waals surface area contributed by atoms with E-state index in [9.17, 15) is 4.39 Å². The lowest BCUT2D eigenvalue weighted by Gasteiger charge is -2.31. The third-order valence-corrected chi connectivity index (χ3v) is 3.17. The van der Waals surface area contributed by atoms with Crippen molar-refractivity contribution in [1.29, 1.82) is 0 Å². The Hall–Kier alpha value is -0.350. The topological polar surface area (TPSA) is 15.3 Å². The van der Waals surface area contributed by atoms with Gasteiger partial charge in [-0.3, -0.25) is 4.90 Å². The van der Waals surface area contributed by atoms with Crippen molar-refractivity contribution < 1.29 is 4.39 Å². The number of hydrogen-bond acceptors (Lipinski definition) is 2. The second kappa shape index (κ2) is 6.55. The Balaban J connectivity index is 0.00000144. The van der Waals surface area contributed by atoms with Crippen LogP contribution in [-0.2, 0) is 6.54 Å². The molecule has 0 bridgehead atoms. The van der Waals surface area contributed by atoms with Crippen LogP contribution in [-0.4, -0.2) is 30.6 Å². The van der Waals surface area contributed by atoms with E-state index in [2.05, 4.69) is 17.1 Å². The maximum Gasteiger partial charge on any atom is 0.146 e. The molecule has 17 heavy (non-hydrogen) atoms. The van der Waals surface area contributed by atoms with Crippen LogP contribution in [0.15, 0.2) is 18.2 Å². The first-order valence-electron chi connectivity index (χ1n) is 5.55. The molecule has 1 aliphatic rings. The summed E-state index contributed by atoms with van der Waals surface area (Å²) in [5.41, 5.74) is 0.682. The molecule has 0 aliphatic carbocycles. The molecule has 1 atom stereocenters.